The van der Waals surface area contributed by atoms with Crippen LogP contribution < -0.4 is 5.73 Å². The second-order valence-electron chi connectivity index (χ2n) is 5.68. The Hall–Kier alpha value is -2.41. The van der Waals surface area contributed by atoms with Crippen molar-refractivity contribution in [1.82, 2.24) is 9.88 Å². The van der Waals surface area contributed by atoms with E-state index >= 15 is 0 Å². The number of rotatable bonds is 6. The number of halogens is 3. The highest BCUT2D eigenvalue weighted by Gasteiger charge is 2.33. The number of aromatic nitrogens is 1. The lowest BCUT2D eigenvalue weighted by molar-refractivity contribution is -0.141. The number of carbonyl (C=O) groups is 1. The van der Waals surface area contributed by atoms with Gasteiger partial charge in [0.25, 0.3) is 5.91 Å². The molecule has 0 saturated heterocycles. The highest BCUT2D eigenvalue weighted by atomic mass is 19.4. The van der Waals surface area contributed by atoms with Crippen molar-refractivity contribution < 1.29 is 18.0 Å². The van der Waals surface area contributed by atoms with Gasteiger partial charge in [-0.1, -0.05) is 30.3 Å². The van der Waals surface area contributed by atoms with Crippen LogP contribution in [0.3, 0.4) is 0 Å². The van der Waals surface area contributed by atoms with Gasteiger partial charge in [0.05, 0.1) is 11.3 Å². The van der Waals surface area contributed by atoms with Crippen molar-refractivity contribution >= 4 is 5.91 Å². The van der Waals surface area contributed by atoms with Crippen LogP contribution in [0.4, 0.5) is 13.2 Å². The monoisotopic (exact) mass is 351 g/mol. The third-order valence-corrected chi connectivity index (χ3v) is 3.74. The lowest BCUT2D eigenvalue weighted by Gasteiger charge is -2.23. The van der Waals surface area contributed by atoms with Gasteiger partial charge < -0.3 is 10.6 Å². The second-order valence-corrected chi connectivity index (χ2v) is 5.68. The van der Waals surface area contributed by atoms with Gasteiger partial charge >= 0.3 is 6.18 Å². The number of alkyl halides is 3. The molecular weight excluding hydrogens is 331 g/mol. The first-order valence-corrected chi connectivity index (χ1v) is 7.91. The molecule has 0 fully saturated rings. The number of benzene rings is 1. The number of hydrogen-bond donors (Lipinski definition) is 1. The molecule has 25 heavy (non-hydrogen) atoms. The first-order valence-electron chi connectivity index (χ1n) is 7.91. The Morgan fingerprint density at radius 3 is 2.40 bits per heavy atom. The molecule has 0 saturated carbocycles. The number of aryl methyl sites for hydroxylation is 1. The van der Waals surface area contributed by atoms with Gasteiger partial charge in [-0.15, -0.1) is 0 Å². The second kappa shape index (κ2) is 8.11. The fourth-order valence-corrected chi connectivity index (χ4v) is 2.45. The Balaban J connectivity index is 2.26. The van der Waals surface area contributed by atoms with Crippen LogP contribution in [0.2, 0.25) is 0 Å². The molecule has 1 aromatic carbocycles. The minimum Gasteiger partial charge on any atom is -0.334 e. The summed E-state index contributed by atoms with van der Waals surface area (Å²) in [7, 11) is 0. The molecule has 1 heterocycles. The van der Waals surface area contributed by atoms with Gasteiger partial charge in [0.2, 0.25) is 0 Å². The quantitative estimate of drug-likeness (QED) is 0.868. The molecule has 2 rings (SSSR count). The summed E-state index contributed by atoms with van der Waals surface area (Å²) >= 11 is 0. The average Bonchev–Trinajstić information content (AvgIpc) is 2.58. The van der Waals surface area contributed by atoms with Crippen LogP contribution in [-0.2, 0) is 12.7 Å². The molecule has 0 aliphatic heterocycles. The third kappa shape index (κ3) is 5.03. The normalized spacial score (nSPS) is 11.4. The van der Waals surface area contributed by atoms with Gasteiger partial charge in [-0.25, -0.2) is 4.98 Å². The van der Waals surface area contributed by atoms with Crippen molar-refractivity contribution in [3.05, 3.63) is 65.0 Å². The van der Waals surface area contributed by atoms with E-state index in [9.17, 15) is 18.0 Å². The van der Waals surface area contributed by atoms with Crippen LogP contribution in [0.25, 0.3) is 0 Å². The summed E-state index contributed by atoms with van der Waals surface area (Å²) in [6.45, 7) is 2.61. The summed E-state index contributed by atoms with van der Waals surface area (Å²) < 4.78 is 38.2. The molecule has 7 heteroatoms. The van der Waals surface area contributed by atoms with E-state index in [1.807, 2.05) is 30.3 Å². The van der Waals surface area contributed by atoms with Crippen molar-refractivity contribution in [3.8, 4) is 0 Å². The standard InChI is InChI=1S/C18H20F3N3O/c1-13-15(8-9-16(23-13)18(19,20)21)17(25)24(11-5-10-22)12-14-6-3-2-4-7-14/h2-4,6-9H,5,10-12,22H2,1H3. The lowest BCUT2D eigenvalue weighted by atomic mass is 10.1. The Morgan fingerprint density at radius 1 is 1.16 bits per heavy atom. The fraction of sp³-hybridized carbons (Fsp3) is 0.333. The molecule has 1 amide bonds. The van der Waals surface area contributed by atoms with E-state index in [0.717, 1.165) is 11.6 Å². The van der Waals surface area contributed by atoms with Crippen molar-refractivity contribution in [3.63, 3.8) is 0 Å². The predicted octanol–water partition coefficient (Wildman–Crippen LogP) is 3.40. The third-order valence-electron chi connectivity index (χ3n) is 3.74. The maximum absolute atomic E-state index is 12.8. The molecular formula is C18H20F3N3O. The molecule has 0 atom stereocenters. The first-order chi connectivity index (χ1) is 11.8. The summed E-state index contributed by atoms with van der Waals surface area (Å²) in [6.07, 6.45) is -3.93. The van der Waals surface area contributed by atoms with E-state index in [2.05, 4.69) is 4.98 Å². The molecule has 0 radical (unpaired) electrons. The molecule has 4 nitrogen and oxygen atoms in total. The van der Waals surface area contributed by atoms with Crippen molar-refractivity contribution in [2.24, 2.45) is 5.73 Å². The number of pyridine rings is 1. The van der Waals surface area contributed by atoms with Gasteiger partial charge in [0, 0.05) is 13.1 Å². The van der Waals surface area contributed by atoms with E-state index in [-0.39, 0.29) is 17.2 Å². The first kappa shape index (κ1) is 18.9. The SMILES string of the molecule is Cc1nc(C(F)(F)F)ccc1C(=O)N(CCCN)Cc1ccccc1. The molecule has 0 aliphatic rings. The average molecular weight is 351 g/mol. The van der Waals surface area contributed by atoms with Crippen molar-refractivity contribution in [2.75, 3.05) is 13.1 Å². The largest absolute Gasteiger partial charge is 0.433 e. The number of nitrogens with two attached hydrogens (primary N) is 1. The van der Waals surface area contributed by atoms with Crippen molar-refractivity contribution in [1.29, 1.82) is 0 Å². The summed E-state index contributed by atoms with van der Waals surface area (Å²) in [6, 6.07) is 11.4. The maximum atomic E-state index is 12.8. The van der Waals surface area contributed by atoms with Crippen LogP contribution in [0.1, 0.15) is 33.7 Å². The van der Waals surface area contributed by atoms with Crippen LogP contribution in [0.15, 0.2) is 42.5 Å². The van der Waals surface area contributed by atoms with Gasteiger partial charge in [0.15, 0.2) is 0 Å². The Labute approximate surface area is 144 Å². The van der Waals surface area contributed by atoms with Gasteiger partial charge in [-0.3, -0.25) is 4.79 Å². The van der Waals surface area contributed by atoms with Gasteiger partial charge in [-0.2, -0.15) is 13.2 Å². The number of carbonyl (C=O) groups excluding carboxylic acids is 1. The predicted molar refractivity (Wildman–Crippen MR) is 88.8 cm³/mol. The topological polar surface area (TPSA) is 59.2 Å². The summed E-state index contributed by atoms with van der Waals surface area (Å²) in [5.74, 6) is -0.351. The minimum absolute atomic E-state index is 0.0608. The van der Waals surface area contributed by atoms with E-state index in [0.29, 0.717) is 26.1 Å². The highest BCUT2D eigenvalue weighted by molar-refractivity contribution is 5.95. The summed E-state index contributed by atoms with van der Waals surface area (Å²) in [5.41, 5.74) is 5.69. The van der Waals surface area contributed by atoms with Crippen LogP contribution in [-0.4, -0.2) is 28.9 Å². The molecule has 0 aliphatic carbocycles. The number of hydrogen-bond acceptors (Lipinski definition) is 3. The Bertz CT molecular complexity index is 717. The molecule has 0 spiro atoms. The van der Waals surface area contributed by atoms with E-state index in [1.54, 1.807) is 4.90 Å². The van der Waals surface area contributed by atoms with Crippen molar-refractivity contribution in [2.45, 2.75) is 26.1 Å². The molecule has 0 unspecified atom stereocenters. The molecule has 2 aromatic rings. The lowest BCUT2D eigenvalue weighted by Crippen LogP contribution is -2.33. The van der Waals surface area contributed by atoms with E-state index < -0.39 is 11.9 Å². The molecule has 1 aromatic heterocycles. The number of amides is 1. The van der Waals surface area contributed by atoms with Gasteiger partial charge in [-0.05, 0) is 37.6 Å². The Morgan fingerprint density at radius 2 is 1.84 bits per heavy atom. The molecule has 134 valence electrons. The Kier molecular flexibility index (Phi) is 6.14. The summed E-state index contributed by atoms with van der Waals surface area (Å²) in [5, 5.41) is 0. The zero-order valence-corrected chi connectivity index (χ0v) is 13.9. The zero-order chi connectivity index (χ0) is 18.4. The minimum atomic E-state index is -4.53. The smallest absolute Gasteiger partial charge is 0.334 e. The number of nitrogens with zero attached hydrogens (tertiary/aromatic N) is 2. The summed E-state index contributed by atoms with van der Waals surface area (Å²) in [4.78, 5) is 17.9. The zero-order valence-electron chi connectivity index (χ0n) is 13.9. The van der Waals surface area contributed by atoms with Crippen LogP contribution >= 0.6 is 0 Å². The maximum Gasteiger partial charge on any atom is 0.433 e. The molecule has 0 bridgehead atoms. The molecule has 2 N–H and O–H groups in total. The fourth-order valence-electron chi connectivity index (χ4n) is 2.45. The van der Waals surface area contributed by atoms with Crippen LogP contribution in [0.5, 0.6) is 0 Å². The van der Waals surface area contributed by atoms with E-state index in [1.165, 1.54) is 13.0 Å². The van der Waals surface area contributed by atoms with Crippen LogP contribution in [0, 0.1) is 6.92 Å². The highest BCUT2D eigenvalue weighted by Crippen LogP contribution is 2.28. The van der Waals surface area contributed by atoms with Gasteiger partial charge in [0.1, 0.15) is 5.69 Å². The van der Waals surface area contributed by atoms with E-state index in [4.69, 9.17) is 5.73 Å².